The fraction of sp³-hybridized carbons (Fsp3) is 0.263. The third kappa shape index (κ3) is 2.76. The van der Waals surface area contributed by atoms with Crippen molar-refractivity contribution in [2.45, 2.75) is 32.0 Å². The summed E-state index contributed by atoms with van der Waals surface area (Å²) in [7, 11) is 0. The number of nitrogens with zero attached hydrogens (tertiary/aromatic N) is 4. The lowest BCUT2D eigenvalue weighted by Crippen LogP contribution is -2.39. The van der Waals surface area contributed by atoms with E-state index in [1.165, 1.54) is 4.90 Å². The van der Waals surface area contributed by atoms with Crippen LogP contribution in [0.1, 0.15) is 18.1 Å². The van der Waals surface area contributed by atoms with Crippen LogP contribution in [0.3, 0.4) is 0 Å². The van der Waals surface area contributed by atoms with Gasteiger partial charge in [0.25, 0.3) is 11.8 Å². The van der Waals surface area contributed by atoms with Crippen LogP contribution in [0.15, 0.2) is 58.9 Å². The Labute approximate surface area is 156 Å². The van der Waals surface area contributed by atoms with Crippen molar-refractivity contribution in [3.8, 4) is 0 Å². The molecule has 2 aromatic rings. The Hall–Kier alpha value is -2.73. The lowest BCUT2D eigenvalue weighted by Gasteiger charge is -2.20. The summed E-state index contributed by atoms with van der Waals surface area (Å²) in [5.74, 6) is -0.616. The molecule has 0 spiro atoms. The second kappa shape index (κ2) is 6.53. The van der Waals surface area contributed by atoms with E-state index in [2.05, 4.69) is 17.3 Å². The zero-order valence-electron chi connectivity index (χ0n) is 14.2. The van der Waals surface area contributed by atoms with Crippen LogP contribution < -0.4 is 4.90 Å². The van der Waals surface area contributed by atoms with Crippen molar-refractivity contribution in [2.75, 3.05) is 4.90 Å². The molecular formula is C19H17ClN4O2. The molecule has 2 aliphatic heterocycles. The number of fused-ring (bicyclic) bond motifs is 1. The zero-order valence-corrected chi connectivity index (χ0v) is 14.9. The Kier molecular flexibility index (Phi) is 4.20. The summed E-state index contributed by atoms with van der Waals surface area (Å²) in [6.07, 6.45) is 0.899. The van der Waals surface area contributed by atoms with Gasteiger partial charge in [-0.2, -0.15) is 5.11 Å². The number of rotatable bonds is 4. The molecule has 26 heavy (non-hydrogen) atoms. The Bertz CT molecular complexity index is 879. The number of aryl methyl sites for hydroxylation is 1. The molecule has 6 nitrogen and oxygen atoms in total. The highest BCUT2D eigenvalue weighted by Gasteiger charge is 2.54. The van der Waals surface area contributed by atoms with Crippen molar-refractivity contribution < 1.29 is 9.59 Å². The smallest absolute Gasteiger partial charge is 0.263 e. The molecule has 0 N–H and O–H groups in total. The Morgan fingerprint density at radius 3 is 2.27 bits per heavy atom. The molecule has 132 valence electrons. The molecule has 2 amide bonds. The van der Waals surface area contributed by atoms with Gasteiger partial charge in [-0.3, -0.25) is 14.6 Å². The predicted molar refractivity (Wildman–Crippen MR) is 97.7 cm³/mol. The minimum Gasteiger partial charge on any atom is -0.271 e. The first-order valence-electron chi connectivity index (χ1n) is 8.47. The lowest BCUT2D eigenvalue weighted by molar-refractivity contribution is -0.123. The van der Waals surface area contributed by atoms with Gasteiger partial charge in [-0.15, -0.1) is 0 Å². The third-order valence-electron chi connectivity index (χ3n) is 4.72. The number of hydrogen-bond acceptors (Lipinski definition) is 5. The van der Waals surface area contributed by atoms with E-state index in [0.29, 0.717) is 17.3 Å². The molecule has 0 bridgehead atoms. The molecule has 0 aliphatic carbocycles. The monoisotopic (exact) mass is 368 g/mol. The molecule has 0 unspecified atom stereocenters. The zero-order chi connectivity index (χ0) is 18.3. The molecule has 0 radical (unpaired) electrons. The number of halogens is 1. The van der Waals surface area contributed by atoms with Gasteiger partial charge in [0.2, 0.25) is 0 Å². The summed E-state index contributed by atoms with van der Waals surface area (Å²) in [5, 5.41) is 10.3. The summed E-state index contributed by atoms with van der Waals surface area (Å²) >= 11 is 5.91. The van der Waals surface area contributed by atoms with Gasteiger partial charge < -0.3 is 0 Å². The standard InChI is InChI=1S/C19H17ClN4O2/c1-2-12-5-9-15(10-6-12)24-18(25)16-17(19(24)26)23(22-21-16)11-13-3-7-14(20)8-4-13/h3-10,16-17H,2,11H2,1H3/t16-,17+/m0/s1. The average Bonchev–Trinajstić information content (AvgIpc) is 3.17. The van der Waals surface area contributed by atoms with Crippen LogP contribution in [0, 0.1) is 0 Å². The number of amides is 2. The van der Waals surface area contributed by atoms with E-state index in [-0.39, 0.29) is 11.8 Å². The molecule has 2 aromatic carbocycles. The van der Waals surface area contributed by atoms with Crippen LogP contribution in [-0.2, 0) is 22.6 Å². The highest BCUT2D eigenvalue weighted by molar-refractivity contribution is 6.30. The van der Waals surface area contributed by atoms with E-state index >= 15 is 0 Å². The van der Waals surface area contributed by atoms with Gasteiger partial charge in [0, 0.05) is 5.02 Å². The van der Waals surface area contributed by atoms with Crippen LogP contribution in [0.2, 0.25) is 5.02 Å². The number of carbonyl (C=O) groups excluding carboxylic acids is 2. The normalized spacial score (nSPS) is 21.6. The first kappa shape index (κ1) is 16.7. The first-order chi connectivity index (χ1) is 12.6. The lowest BCUT2D eigenvalue weighted by atomic mass is 10.1. The van der Waals surface area contributed by atoms with E-state index in [0.717, 1.165) is 17.5 Å². The van der Waals surface area contributed by atoms with E-state index in [9.17, 15) is 9.59 Å². The van der Waals surface area contributed by atoms with Gasteiger partial charge in [-0.1, -0.05) is 48.0 Å². The Balaban J connectivity index is 1.57. The SMILES string of the molecule is CCc1ccc(N2C(=O)[C@H]3N=NN(Cc4ccc(Cl)cc4)[C@H]3C2=O)cc1. The minimum atomic E-state index is -0.777. The van der Waals surface area contributed by atoms with Crippen LogP contribution in [0.4, 0.5) is 5.69 Å². The molecule has 0 saturated carbocycles. The highest BCUT2D eigenvalue weighted by atomic mass is 35.5. The van der Waals surface area contributed by atoms with Crippen molar-refractivity contribution in [2.24, 2.45) is 10.3 Å². The molecular weight excluding hydrogens is 352 g/mol. The summed E-state index contributed by atoms with van der Waals surface area (Å²) in [6, 6.07) is 13.3. The summed E-state index contributed by atoms with van der Waals surface area (Å²) in [6.45, 7) is 2.45. The van der Waals surface area contributed by atoms with Crippen LogP contribution in [0.5, 0.6) is 0 Å². The molecule has 0 aromatic heterocycles. The van der Waals surface area contributed by atoms with Crippen molar-refractivity contribution in [3.63, 3.8) is 0 Å². The molecule has 7 heteroatoms. The Morgan fingerprint density at radius 1 is 0.962 bits per heavy atom. The summed E-state index contributed by atoms with van der Waals surface area (Å²) in [4.78, 5) is 26.9. The number of benzene rings is 2. The van der Waals surface area contributed by atoms with E-state index in [1.807, 2.05) is 24.3 Å². The van der Waals surface area contributed by atoms with Gasteiger partial charge >= 0.3 is 0 Å². The van der Waals surface area contributed by atoms with E-state index in [4.69, 9.17) is 11.6 Å². The van der Waals surface area contributed by atoms with Gasteiger partial charge in [0.15, 0.2) is 12.1 Å². The van der Waals surface area contributed by atoms with Gasteiger partial charge in [0.1, 0.15) is 0 Å². The maximum absolute atomic E-state index is 12.9. The molecule has 2 aliphatic rings. The largest absolute Gasteiger partial charge is 0.271 e. The predicted octanol–water partition coefficient (Wildman–Crippen LogP) is 3.40. The summed E-state index contributed by atoms with van der Waals surface area (Å²) < 4.78 is 0. The van der Waals surface area contributed by atoms with Crippen LogP contribution >= 0.6 is 11.6 Å². The average molecular weight is 369 g/mol. The molecule has 4 rings (SSSR count). The number of carbonyl (C=O) groups is 2. The quantitative estimate of drug-likeness (QED) is 0.777. The Morgan fingerprint density at radius 2 is 1.62 bits per heavy atom. The molecule has 2 heterocycles. The van der Waals surface area contributed by atoms with Crippen molar-refractivity contribution in [3.05, 3.63) is 64.7 Å². The van der Waals surface area contributed by atoms with Crippen LogP contribution in [-0.4, -0.2) is 28.9 Å². The second-order valence-electron chi connectivity index (χ2n) is 6.35. The number of anilines is 1. The minimum absolute atomic E-state index is 0.289. The number of imide groups is 1. The fourth-order valence-corrected chi connectivity index (χ4v) is 3.39. The van der Waals surface area contributed by atoms with Crippen molar-refractivity contribution >= 4 is 29.1 Å². The fourth-order valence-electron chi connectivity index (χ4n) is 3.27. The van der Waals surface area contributed by atoms with Crippen molar-refractivity contribution in [1.82, 2.24) is 5.01 Å². The van der Waals surface area contributed by atoms with Crippen LogP contribution in [0.25, 0.3) is 0 Å². The maximum atomic E-state index is 12.9. The maximum Gasteiger partial charge on any atom is 0.263 e. The van der Waals surface area contributed by atoms with Gasteiger partial charge in [-0.25, -0.2) is 4.90 Å². The molecule has 2 atom stereocenters. The van der Waals surface area contributed by atoms with Gasteiger partial charge in [0.05, 0.1) is 12.2 Å². The number of hydrogen-bond donors (Lipinski definition) is 0. The molecule has 1 fully saturated rings. The topological polar surface area (TPSA) is 65.3 Å². The molecule has 1 saturated heterocycles. The van der Waals surface area contributed by atoms with E-state index < -0.39 is 12.1 Å². The second-order valence-corrected chi connectivity index (χ2v) is 6.79. The highest BCUT2D eigenvalue weighted by Crippen LogP contribution is 2.33. The van der Waals surface area contributed by atoms with Crippen molar-refractivity contribution in [1.29, 1.82) is 0 Å². The van der Waals surface area contributed by atoms with Gasteiger partial charge in [-0.05, 0) is 41.8 Å². The first-order valence-corrected chi connectivity index (χ1v) is 8.85. The third-order valence-corrected chi connectivity index (χ3v) is 4.97. The van der Waals surface area contributed by atoms with E-state index in [1.54, 1.807) is 29.3 Å². The summed E-state index contributed by atoms with van der Waals surface area (Å²) in [5.41, 5.74) is 2.67.